The summed E-state index contributed by atoms with van der Waals surface area (Å²) in [7, 11) is 0. The molecule has 4 rings (SSSR count). The Hall–Kier alpha value is -2.36. The van der Waals surface area contributed by atoms with Crippen molar-refractivity contribution in [2.45, 2.75) is 37.6 Å². The van der Waals surface area contributed by atoms with Gasteiger partial charge in [-0.2, -0.15) is 0 Å². The van der Waals surface area contributed by atoms with Crippen LogP contribution in [0.2, 0.25) is 0 Å². The van der Waals surface area contributed by atoms with Gasteiger partial charge < -0.3 is 10.3 Å². The number of carbonyl (C=O) groups is 1. The molecule has 1 aromatic heterocycles. The topological polar surface area (TPSA) is 62.0 Å². The zero-order valence-corrected chi connectivity index (χ0v) is 13.0. The molecule has 0 bridgehead atoms. The van der Waals surface area contributed by atoms with E-state index in [9.17, 15) is 9.59 Å². The van der Waals surface area contributed by atoms with Crippen LogP contribution in [0.4, 0.5) is 0 Å². The van der Waals surface area contributed by atoms with E-state index in [1.807, 2.05) is 0 Å². The van der Waals surface area contributed by atoms with E-state index in [-0.39, 0.29) is 22.8 Å². The predicted molar refractivity (Wildman–Crippen MR) is 88.1 cm³/mol. The highest BCUT2D eigenvalue weighted by atomic mass is 16.2. The number of rotatable bonds is 3. The van der Waals surface area contributed by atoms with Crippen molar-refractivity contribution in [2.24, 2.45) is 5.92 Å². The molecule has 4 nitrogen and oxygen atoms in total. The third-order valence-electron chi connectivity index (χ3n) is 5.33. The molecule has 1 fully saturated rings. The van der Waals surface area contributed by atoms with Crippen molar-refractivity contribution in [3.8, 4) is 0 Å². The number of nitrogens with one attached hydrogen (secondary N) is 2. The first-order chi connectivity index (χ1) is 11.2. The molecule has 1 aromatic carbocycles. The van der Waals surface area contributed by atoms with E-state index in [2.05, 4.69) is 34.6 Å². The number of H-pyrrole nitrogens is 1. The van der Waals surface area contributed by atoms with E-state index in [0.717, 1.165) is 24.8 Å². The second-order valence-corrected chi connectivity index (χ2v) is 6.70. The monoisotopic (exact) mass is 308 g/mol. The highest BCUT2D eigenvalue weighted by Crippen LogP contribution is 2.60. The average molecular weight is 308 g/mol. The first-order valence-corrected chi connectivity index (χ1v) is 8.23. The Balaban J connectivity index is 1.46. The van der Waals surface area contributed by atoms with Crippen molar-refractivity contribution in [3.63, 3.8) is 0 Å². The molecule has 2 aromatic rings. The largest absolute Gasteiger partial charge is 0.352 e. The minimum absolute atomic E-state index is 0.0733. The van der Waals surface area contributed by atoms with Gasteiger partial charge in [-0.15, -0.1) is 0 Å². The van der Waals surface area contributed by atoms with Gasteiger partial charge in [0.2, 0.25) is 11.5 Å². The molecule has 4 heteroatoms. The molecule has 2 aliphatic rings. The number of carbonyl (C=O) groups excluding carboxylic acids is 1. The van der Waals surface area contributed by atoms with Crippen LogP contribution >= 0.6 is 0 Å². The van der Waals surface area contributed by atoms with E-state index in [4.69, 9.17) is 0 Å². The lowest BCUT2D eigenvalue weighted by Crippen LogP contribution is -2.30. The third-order valence-corrected chi connectivity index (χ3v) is 5.33. The summed E-state index contributed by atoms with van der Waals surface area (Å²) in [4.78, 5) is 26.2. The van der Waals surface area contributed by atoms with Gasteiger partial charge in [0.1, 0.15) is 0 Å². The maximum Gasteiger partial charge on any atom is 0.247 e. The number of pyridine rings is 1. The predicted octanol–water partition coefficient (Wildman–Crippen LogP) is 2.29. The molecule has 0 saturated heterocycles. The number of fused-ring (bicyclic) bond motifs is 2. The maximum absolute atomic E-state index is 12.5. The van der Waals surface area contributed by atoms with Gasteiger partial charge in [-0.25, -0.2) is 0 Å². The lowest BCUT2D eigenvalue weighted by atomic mass is 9.78. The van der Waals surface area contributed by atoms with Crippen LogP contribution in [0.1, 0.15) is 36.0 Å². The summed E-state index contributed by atoms with van der Waals surface area (Å²) in [5.74, 6) is 0.222. The van der Waals surface area contributed by atoms with Crippen molar-refractivity contribution in [3.05, 3.63) is 69.6 Å². The lowest BCUT2D eigenvalue weighted by molar-refractivity contribution is -0.123. The van der Waals surface area contributed by atoms with Crippen molar-refractivity contribution >= 4 is 5.91 Å². The molecule has 118 valence electrons. The number of amides is 1. The lowest BCUT2D eigenvalue weighted by Gasteiger charge is -2.26. The summed E-state index contributed by atoms with van der Waals surface area (Å²) < 4.78 is 0. The van der Waals surface area contributed by atoms with Crippen LogP contribution < -0.4 is 10.9 Å². The number of aromatic nitrogens is 1. The standard InChI is InChI=1S/C19H20N2O2/c22-17-8-7-13(11-20-17)12-21-18(23)16-10-19(16)9-3-5-14-4-1-2-6-15(14)19/h1-2,4,6-8,11,16H,3,5,9-10,12H2,(H,20,22)(H,21,23)/t16-,19+/m0/s1. The summed E-state index contributed by atoms with van der Waals surface area (Å²) in [5, 5.41) is 3.02. The van der Waals surface area contributed by atoms with E-state index < -0.39 is 0 Å². The highest BCUT2D eigenvalue weighted by molar-refractivity contribution is 5.84. The SMILES string of the molecule is O=C(NCc1ccc(=O)[nH]c1)[C@@H]1C[C@@]12CCCc1ccccc12. The second-order valence-electron chi connectivity index (χ2n) is 6.70. The highest BCUT2D eigenvalue weighted by Gasteiger charge is 2.59. The zero-order valence-electron chi connectivity index (χ0n) is 13.0. The fraction of sp³-hybridized carbons (Fsp3) is 0.368. The van der Waals surface area contributed by atoms with Gasteiger partial charge in [0.25, 0.3) is 0 Å². The van der Waals surface area contributed by atoms with Crippen molar-refractivity contribution in [2.75, 3.05) is 0 Å². The first-order valence-electron chi connectivity index (χ1n) is 8.23. The number of aromatic amines is 1. The summed E-state index contributed by atoms with van der Waals surface area (Å²) in [6.45, 7) is 0.462. The first kappa shape index (κ1) is 14.2. The quantitative estimate of drug-likeness (QED) is 0.914. The molecule has 0 unspecified atom stereocenters. The second kappa shape index (κ2) is 5.37. The number of benzene rings is 1. The molecule has 1 amide bonds. The van der Waals surface area contributed by atoms with Crippen LogP contribution in [0.3, 0.4) is 0 Å². The van der Waals surface area contributed by atoms with Gasteiger partial charge in [-0.05, 0) is 42.4 Å². The van der Waals surface area contributed by atoms with Crippen LogP contribution in [0.15, 0.2) is 47.4 Å². The number of aryl methyl sites for hydroxylation is 1. The molecule has 0 aliphatic heterocycles. The van der Waals surface area contributed by atoms with Crippen molar-refractivity contribution in [1.82, 2.24) is 10.3 Å². The Kier molecular flexibility index (Phi) is 3.33. The van der Waals surface area contributed by atoms with Crippen LogP contribution in [-0.4, -0.2) is 10.9 Å². The summed E-state index contributed by atoms with van der Waals surface area (Å²) in [6, 6.07) is 11.8. The Morgan fingerprint density at radius 1 is 1.26 bits per heavy atom. The van der Waals surface area contributed by atoms with Crippen molar-refractivity contribution < 1.29 is 4.79 Å². The molecule has 2 atom stereocenters. The molecule has 1 saturated carbocycles. The van der Waals surface area contributed by atoms with Crippen LogP contribution in [-0.2, 0) is 23.2 Å². The van der Waals surface area contributed by atoms with E-state index in [1.165, 1.54) is 23.6 Å². The normalized spacial score (nSPS) is 25.0. The smallest absolute Gasteiger partial charge is 0.247 e. The zero-order chi connectivity index (χ0) is 15.9. The molecule has 2 aliphatic carbocycles. The van der Waals surface area contributed by atoms with Crippen LogP contribution in [0.5, 0.6) is 0 Å². The minimum atomic E-state index is -0.125. The molecule has 1 spiro atoms. The molecule has 1 heterocycles. The van der Waals surface area contributed by atoms with Gasteiger partial charge in [-0.1, -0.05) is 30.3 Å². The van der Waals surface area contributed by atoms with E-state index in [0.29, 0.717) is 6.54 Å². The minimum Gasteiger partial charge on any atom is -0.352 e. The fourth-order valence-electron chi connectivity index (χ4n) is 4.04. The van der Waals surface area contributed by atoms with Crippen LogP contribution in [0, 0.1) is 5.92 Å². The Bertz CT molecular complexity index is 791. The molecule has 23 heavy (non-hydrogen) atoms. The summed E-state index contributed by atoms with van der Waals surface area (Å²) in [6.07, 6.45) is 6.02. The van der Waals surface area contributed by atoms with Crippen molar-refractivity contribution in [1.29, 1.82) is 0 Å². The van der Waals surface area contributed by atoms with Crippen LogP contribution in [0.25, 0.3) is 0 Å². The summed E-state index contributed by atoms with van der Waals surface area (Å²) in [5.41, 5.74) is 3.66. The van der Waals surface area contributed by atoms with E-state index >= 15 is 0 Å². The number of hydrogen-bond acceptors (Lipinski definition) is 2. The molecular weight excluding hydrogens is 288 g/mol. The Morgan fingerprint density at radius 2 is 2.13 bits per heavy atom. The number of hydrogen-bond donors (Lipinski definition) is 2. The third kappa shape index (κ3) is 2.48. The fourth-order valence-corrected chi connectivity index (χ4v) is 4.04. The van der Waals surface area contributed by atoms with E-state index in [1.54, 1.807) is 12.3 Å². The molecule has 2 N–H and O–H groups in total. The van der Waals surface area contributed by atoms with Gasteiger partial charge in [0.15, 0.2) is 0 Å². The molecule has 0 radical (unpaired) electrons. The maximum atomic E-state index is 12.5. The van der Waals surface area contributed by atoms with Gasteiger partial charge in [0, 0.05) is 30.1 Å². The average Bonchev–Trinajstić information content (AvgIpc) is 3.29. The van der Waals surface area contributed by atoms with Gasteiger partial charge >= 0.3 is 0 Å². The Labute approximate surface area is 134 Å². The Morgan fingerprint density at radius 3 is 2.96 bits per heavy atom. The molecular formula is C19H20N2O2. The van der Waals surface area contributed by atoms with Gasteiger partial charge in [-0.3, -0.25) is 9.59 Å². The summed E-state index contributed by atoms with van der Waals surface area (Å²) >= 11 is 0. The van der Waals surface area contributed by atoms with Gasteiger partial charge in [0.05, 0.1) is 0 Å².